The summed E-state index contributed by atoms with van der Waals surface area (Å²) in [6.45, 7) is 0. The number of alkyl halides is 3. The minimum Gasteiger partial charge on any atom is -0.331 e. The first-order valence-corrected chi connectivity index (χ1v) is 4.21. The van der Waals surface area contributed by atoms with Crippen molar-refractivity contribution in [2.75, 3.05) is 0 Å². The zero-order chi connectivity index (χ0) is 10.3. The van der Waals surface area contributed by atoms with Gasteiger partial charge in [0, 0.05) is 0 Å². The highest BCUT2D eigenvalue weighted by Gasteiger charge is 2.35. The lowest BCUT2D eigenvalue weighted by molar-refractivity contribution is -0.144. The fourth-order valence-corrected chi connectivity index (χ4v) is 1.30. The lowest BCUT2D eigenvalue weighted by Gasteiger charge is -1.98. The Morgan fingerprint density at radius 2 is 2.00 bits per heavy atom. The summed E-state index contributed by atoms with van der Waals surface area (Å²) >= 11 is 2.99. The molecule has 4 nitrogen and oxygen atoms in total. The Hall–Kier alpha value is -1.18. The molecule has 2 heterocycles. The molecule has 0 atom stereocenters. The van der Waals surface area contributed by atoms with Gasteiger partial charge in [0.15, 0.2) is 5.65 Å². The van der Waals surface area contributed by atoms with Gasteiger partial charge >= 0.3 is 6.18 Å². The fraction of sp³-hybridized carbons (Fsp3) is 0.167. The van der Waals surface area contributed by atoms with E-state index in [9.17, 15) is 13.2 Å². The number of rotatable bonds is 0. The van der Waals surface area contributed by atoms with Crippen molar-refractivity contribution in [1.82, 2.24) is 19.9 Å². The molecule has 0 aliphatic heterocycles. The SMILES string of the molecule is FC(F)(F)c1nc2ncnc(Br)c2[nH]1. The number of aromatic amines is 1. The third-order valence-corrected chi connectivity index (χ3v) is 2.11. The van der Waals surface area contributed by atoms with E-state index < -0.39 is 12.0 Å². The first-order chi connectivity index (χ1) is 6.48. The molecule has 0 spiro atoms. The summed E-state index contributed by atoms with van der Waals surface area (Å²) in [4.78, 5) is 12.6. The molecule has 0 unspecified atom stereocenters. The molecule has 2 rings (SSSR count). The number of aromatic nitrogens is 4. The van der Waals surface area contributed by atoms with Crippen LogP contribution in [0.2, 0.25) is 0 Å². The fourth-order valence-electron chi connectivity index (χ4n) is 0.934. The number of hydrogen-bond acceptors (Lipinski definition) is 3. The molecule has 0 bridgehead atoms. The molecule has 2 aromatic heterocycles. The van der Waals surface area contributed by atoms with Gasteiger partial charge in [0.2, 0.25) is 5.82 Å². The van der Waals surface area contributed by atoms with Gasteiger partial charge in [-0.05, 0) is 15.9 Å². The molecular formula is C6H2BrF3N4. The Labute approximate surface area is 83.7 Å². The maximum atomic E-state index is 12.2. The zero-order valence-electron chi connectivity index (χ0n) is 6.43. The van der Waals surface area contributed by atoms with Crippen molar-refractivity contribution in [3.63, 3.8) is 0 Å². The zero-order valence-corrected chi connectivity index (χ0v) is 8.02. The Bertz CT molecular complexity index is 477. The second-order valence-electron chi connectivity index (χ2n) is 2.45. The number of H-pyrrole nitrogens is 1. The molecule has 1 N–H and O–H groups in total. The van der Waals surface area contributed by atoms with Gasteiger partial charge in [0.1, 0.15) is 16.4 Å². The van der Waals surface area contributed by atoms with Crippen molar-refractivity contribution in [1.29, 1.82) is 0 Å². The largest absolute Gasteiger partial charge is 0.449 e. The van der Waals surface area contributed by atoms with E-state index in [0.29, 0.717) is 0 Å². The molecule has 0 aromatic carbocycles. The molecule has 0 saturated carbocycles. The van der Waals surface area contributed by atoms with Crippen LogP contribution in [0.3, 0.4) is 0 Å². The first-order valence-electron chi connectivity index (χ1n) is 3.42. The number of halogens is 4. The van der Waals surface area contributed by atoms with Gasteiger partial charge in [-0.2, -0.15) is 13.2 Å². The molecule has 0 amide bonds. The van der Waals surface area contributed by atoms with Gasteiger partial charge in [0.25, 0.3) is 0 Å². The van der Waals surface area contributed by atoms with Crippen LogP contribution >= 0.6 is 15.9 Å². The summed E-state index contributed by atoms with van der Waals surface area (Å²) in [7, 11) is 0. The molecule has 0 aliphatic carbocycles. The summed E-state index contributed by atoms with van der Waals surface area (Å²) in [5.41, 5.74) is 0.124. The van der Waals surface area contributed by atoms with Crippen LogP contribution in [0, 0.1) is 0 Å². The minimum absolute atomic E-state index is 0.0146. The number of nitrogens with zero attached hydrogens (tertiary/aromatic N) is 3. The van der Waals surface area contributed by atoms with Crippen LogP contribution in [-0.2, 0) is 6.18 Å². The van der Waals surface area contributed by atoms with Crippen LogP contribution in [-0.4, -0.2) is 19.9 Å². The molecule has 2 aromatic rings. The maximum absolute atomic E-state index is 12.2. The maximum Gasteiger partial charge on any atom is 0.449 e. The van der Waals surface area contributed by atoms with E-state index in [2.05, 4.69) is 35.9 Å². The van der Waals surface area contributed by atoms with Gasteiger partial charge in [0.05, 0.1) is 0 Å². The quantitative estimate of drug-likeness (QED) is 0.744. The average molecular weight is 267 g/mol. The highest BCUT2D eigenvalue weighted by molar-refractivity contribution is 9.10. The minimum atomic E-state index is -4.50. The molecule has 8 heteroatoms. The number of imidazole rings is 1. The third-order valence-electron chi connectivity index (χ3n) is 1.51. The second-order valence-corrected chi connectivity index (χ2v) is 3.20. The van der Waals surface area contributed by atoms with Crippen molar-refractivity contribution in [2.45, 2.75) is 6.18 Å². The summed E-state index contributed by atoms with van der Waals surface area (Å²) in [5.74, 6) is -1.08. The van der Waals surface area contributed by atoms with E-state index in [1.807, 2.05) is 0 Å². The lowest BCUT2D eigenvalue weighted by Crippen LogP contribution is -2.06. The summed E-state index contributed by atoms with van der Waals surface area (Å²) in [6.07, 6.45) is -3.37. The van der Waals surface area contributed by atoms with Gasteiger partial charge in [-0.1, -0.05) is 0 Å². The van der Waals surface area contributed by atoms with Crippen molar-refractivity contribution in [2.24, 2.45) is 0 Å². The Kier molecular flexibility index (Phi) is 1.95. The molecular weight excluding hydrogens is 265 g/mol. The smallest absolute Gasteiger partial charge is 0.331 e. The highest BCUT2D eigenvalue weighted by atomic mass is 79.9. The first kappa shape index (κ1) is 9.38. The van der Waals surface area contributed by atoms with Crippen molar-refractivity contribution >= 4 is 27.1 Å². The van der Waals surface area contributed by atoms with Crippen LogP contribution < -0.4 is 0 Å². The average Bonchev–Trinajstić information content (AvgIpc) is 2.48. The summed E-state index contributed by atoms with van der Waals surface area (Å²) in [6, 6.07) is 0. The molecule has 0 aliphatic rings. The Balaban J connectivity index is 2.69. The predicted octanol–water partition coefficient (Wildman–Crippen LogP) is 2.13. The van der Waals surface area contributed by atoms with E-state index in [1.165, 1.54) is 0 Å². The van der Waals surface area contributed by atoms with E-state index in [4.69, 9.17) is 0 Å². The van der Waals surface area contributed by atoms with Crippen molar-refractivity contribution < 1.29 is 13.2 Å². The molecule has 74 valence electrons. The molecule has 14 heavy (non-hydrogen) atoms. The normalized spacial score (nSPS) is 12.3. The summed E-state index contributed by atoms with van der Waals surface area (Å²) in [5, 5.41) is 0. The van der Waals surface area contributed by atoms with Crippen LogP contribution in [0.1, 0.15) is 5.82 Å². The van der Waals surface area contributed by atoms with Crippen LogP contribution in [0.25, 0.3) is 11.2 Å². The van der Waals surface area contributed by atoms with Crippen molar-refractivity contribution in [3.8, 4) is 0 Å². The van der Waals surface area contributed by atoms with Crippen molar-refractivity contribution in [3.05, 3.63) is 16.8 Å². The highest BCUT2D eigenvalue weighted by Crippen LogP contribution is 2.29. The van der Waals surface area contributed by atoms with Gasteiger partial charge < -0.3 is 4.98 Å². The van der Waals surface area contributed by atoms with Gasteiger partial charge in [-0.3, -0.25) is 0 Å². The number of fused-ring (bicyclic) bond motifs is 1. The van der Waals surface area contributed by atoms with E-state index in [-0.39, 0.29) is 15.8 Å². The summed E-state index contributed by atoms with van der Waals surface area (Å²) < 4.78 is 36.9. The predicted molar refractivity (Wildman–Crippen MR) is 44.4 cm³/mol. The van der Waals surface area contributed by atoms with E-state index >= 15 is 0 Å². The molecule has 0 radical (unpaired) electrons. The van der Waals surface area contributed by atoms with Crippen LogP contribution in [0.5, 0.6) is 0 Å². The number of nitrogens with one attached hydrogen (secondary N) is 1. The monoisotopic (exact) mass is 266 g/mol. The Morgan fingerprint density at radius 3 is 2.57 bits per heavy atom. The van der Waals surface area contributed by atoms with Crippen LogP contribution in [0.15, 0.2) is 10.9 Å². The second kappa shape index (κ2) is 2.91. The standard InChI is InChI=1S/C6H2BrF3N4/c7-3-2-4(12-1-11-3)14-5(13-2)6(8,9)10/h1H,(H,11,12,13,14). The Morgan fingerprint density at radius 1 is 1.29 bits per heavy atom. The molecule has 0 fully saturated rings. The topological polar surface area (TPSA) is 54.5 Å². The van der Waals surface area contributed by atoms with E-state index in [1.54, 1.807) is 0 Å². The molecule has 0 saturated heterocycles. The lowest BCUT2D eigenvalue weighted by atomic mass is 10.6. The van der Waals surface area contributed by atoms with Gasteiger partial charge in [-0.25, -0.2) is 15.0 Å². The van der Waals surface area contributed by atoms with Gasteiger partial charge in [-0.15, -0.1) is 0 Å². The number of hydrogen-bond donors (Lipinski definition) is 1. The van der Waals surface area contributed by atoms with E-state index in [0.717, 1.165) is 6.33 Å². The third kappa shape index (κ3) is 1.45. The van der Waals surface area contributed by atoms with Crippen LogP contribution in [0.4, 0.5) is 13.2 Å².